The summed E-state index contributed by atoms with van der Waals surface area (Å²) in [5, 5.41) is 2.60. The van der Waals surface area contributed by atoms with Gasteiger partial charge in [0.15, 0.2) is 0 Å². The van der Waals surface area contributed by atoms with Crippen molar-refractivity contribution < 1.29 is 46.5 Å². The molecule has 0 N–H and O–H groups in total. The van der Waals surface area contributed by atoms with Crippen LogP contribution < -0.4 is 24.8 Å². The summed E-state index contributed by atoms with van der Waals surface area (Å²) in [7, 11) is 0. The number of benzene rings is 1. The second-order valence-corrected chi connectivity index (χ2v) is 6.19. The maximum atomic E-state index is 2.24. The Hall–Kier alpha value is -1.25. The van der Waals surface area contributed by atoms with E-state index in [4.69, 9.17) is 0 Å². The molecular formula is C22H23Cl2NTi. The first-order chi connectivity index (χ1) is 11.1. The van der Waals surface area contributed by atoms with E-state index in [0.717, 1.165) is 0 Å². The monoisotopic (exact) mass is 419 g/mol. The zero-order chi connectivity index (χ0) is 16.4. The molecule has 0 amide bonds. The Bertz CT molecular complexity index is 862. The maximum Gasteiger partial charge on any atom is 4.00 e. The first-order valence-electron chi connectivity index (χ1n) is 8.05. The van der Waals surface area contributed by atoms with Gasteiger partial charge >= 0.3 is 21.7 Å². The Labute approximate surface area is 183 Å². The molecule has 0 unspecified atom stereocenters. The zero-order valence-electron chi connectivity index (χ0n) is 15.6. The van der Waals surface area contributed by atoms with Crippen LogP contribution in [0.1, 0.15) is 22.3 Å². The Balaban J connectivity index is 0.000000466. The molecule has 1 nitrogen and oxygen atoms in total. The van der Waals surface area contributed by atoms with Crippen LogP contribution in [0.3, 0.4) is 0 Å². The average molecular weight is 420 g/mol. The number of aromatic nitrogens is 1. The molecule has 0 aliphatic heterocycles. The Morgan fingerprint density at radius 2 is 1.54 bits per heavy atom. The van der Waals surface area contributed by atoms with Crippen LogP contribution in [0.25, 0.3) is 16.5 Å². The van der Waals surface area contributed by atoms with Gasteiger partial charge in [0, 0.05) is 12.4 Å². The largest absolute Gasteiger partial charge is 4.00 e. The van der Waals surface area contributed by atoms with E-state index in [0.29, 0.717) is 0 Å². The molecular weight excluding hydrogens is 397 g/mol. The normalized spacial score (nSPS) is 9.38. The number of hydrogen-bond donors (Lipinski definition) is 0. The van der Waals surface area contributed by atoms with E-state index in [1.54, 1.807) is 0 Å². The van der Waals surface area contributed by atoms with Gasteiger partial charge in [-0.1, -0.05) is 33.8 Å². The van der Waals surface area contributed by atoms with Crippen LogP contribution in [0, 0.1) is 27.7 Å². The number of aryl methyl sites for hydroxylation is 2. The molecule has 0 saturated carbocycles. The number of hydrogen-bond acceptors (Lipinski definition) is 0. The van der Waals surface area contributed by atoms with Crippen molar-refractivity contribution in [2.45, 2.75) is 27.7 Å². The Kier molecular flexibility index (Phi) is 10.3. The number of rotatable bonds is 1. The van der Waals surface area contributed by atoms with Crippen LogP contribution in [0.2, 0.25) is 0 Å². The molecule has 0 aliphatic carbocycles. The van der Waals surface area contributed by atoms with Crippen molar-refractivity contribution in [2.75, 3.05) is 0 Å². The summed E-state index contributed by atoms with van der Waals surface area (Å²) in [6, 6.07) is 19.2. The van der Waals surface area contributed by atoms with Gasteiger partial charge in [0.1, 0.15) is 0 Å². The predicted octanol–water partition coefficient (Wildman–Crippen LogP) is -0.00592. The molecule has 4 rings (SSSR count). The van der Waals surface area contributed by atoms with Crippen LogP contribution in [-0.4, -0.2) is 4.57 Å². The molecule has 134 valence electrons. The standard InChI is InChI=1S/C13H10N.C9H13.2ClH.Ti/c1-2-6-12-10-13(9-11(12)5-1)14-7-3-4-8-14;1-6-5-7(2)9(4)8(6)3;;;/h1-10H;5H,1-4H3;2*1H;/q2*-1;;;+4/p-2. The first kappa shape index (κ1) is 24.8. The van der Waals surface area contributed by atoms with Gasteiger partial charge in [-0.2, -0.15) is 28.3 Å². The van der Waals surface area contributed by atoms with Gasteiger partial charge in [0.25, 0.3) is 0 Å². The molecule has 4 heteroatoms. The van der Waals surface area contributed by atoms with Gasteiger partial charge in [-0.25, -0.2) is 0 Å². The summed E-state index contributed by atoms with van der Waals surface area (Å²) in [5.74, 6) is 0. The van der Waals surface area contributed by atoms with E-state index >= 15 is 0 Å². The summed E-state index contributed by atoms with van der Waals surface area (Å²) < 4.78 is 2.12. The predicted molar refractivity (Wildman–Crippen MR) is 99.9 cm³/mol. The molecule has 0 bridgehead atoms. The van der Waals surface area contributed by atoms with Crippen molar-refractivity contribution in [1.29, 1.82) is 0 Å². The van der Waals surface area contributed by atoms with Gasteiger partial charge in [0.2, 0.25) is 0 Å². The molecule has 1 aromatic heterocycles. The van der Waals surface area contributed by atoms with Gasteiger partial charge < -0.3 is 29.4 Å². The number of nitrogens with zero attached hydrogens (tertiary/aromatic N) is 1. The van der Waals surface area contributed by atoms with E-state index in [-0.39, 0.29) is 46.5 Å². The minimum Gasteiger partial charge on any atom is -1.00 e. The molecule has 0 saturated heterocycles. The van der Waals surface area contributed by atoms with Gasteiger partial charge in [-0.3, -0.25) is 0 Å². The van der Waals surface area contributed by atoms with Crippen molar-refractivity contribution in [1.82, 2.24) is 4.57 Å². The van der Waals surface area contributed by atoms with E-state index in [1.807, 2.05) is 12.1 Å². The minimum atomic E-state index is 0. The molecule has 4 aromatic rings. The summed E-state index contributed by atoms with van der Waals surface area (Å²) in [6.45, 7) is 8.68. The SMILES string of the molecule is Cc1c[c-](C)c(C)c1C.[Cl-].[Cl-].[Ti+4].c1ccc2[cH-]c(-n3cccc3)cc2c1. The second kappa shape index (κ2) is 10.8. The smallest absolute Gasteiger partial charge is 1.00 e. The van der Waals surface area contributed by atoms with Crippen molar-refractivity contribution in [3.63, 3.8) is 0 Å². The van der Waals surface area contributed by atoms with E-state index in [1.165, 1.54) is 38.7 Å². The molecule has 3 aromatic carbocycles. The molecule has 0 spiro atoms. The summed E-state index contributed by atoms with van der Waals surface area (Å²) in [4.78, 5) is 0. The minimum absolute atomic E-state index is 0. The quantitative estimate of drug-likeness (QED) is 0.302. The molecule has 26 heavy (non-hydrogen) atoms. The Morgan fingerprint density at radius 1 is 0.923 bits per heavy atom. The van der Waals surface area contributed by atoms with Crippen molar-refractivity contribution >= 4 is 10.8 Å². The molecule has 0 fully saturated rings. The van der Waals surface area contributed by atoms with Gasteiger partial charge in [-0.15, -0.1) is 41.1 Å². The van der Waals surface area contributed by atoms with Crippen molar-refractivity contribution in [3.8, 4) is 5.69 Å². The topological polar surface area (TPSA) is 4.93 Å². The fraction of sp³-hybridized carbons (Fsp3) is 0.182. The summed E-state index contributed by atoms with van der Waals surface area (Å²) in [5.41, 5.74) is 6.98. The summed E-state index contributed by atoms with van der Waals surface area (Å²) >= 11 is 0. The zero-order valence-corrected chi connectivity index (χ0v) is 18.6. The van der Waals surface area contributed by atoms with Crippen LogP contribution in [0.5, 0.6) is 0 Å². The van der Waals surface area contributed by atoms with Crippen LogP contribution in [0.15, 0.2) is 67.0 Å². The Morgan fingerprint density at radius 3 is 2.00 bits per heavy atom. The second-order valence-electron chi connectivity index (χ2n) is 6.19. The molecule has 0 aliphatic rings. The first-order valence-corrected chi connectivity index (χ1v) is 8.05. The van der Waals surface area contributed by atoms with Crippen LogP contribution in [-0.2, 0) is 21.7 Å². The van der Waals surface area contributed by atoms with E-state index in [9.17, 15) is 0 Å². The maximum absolute atomic E-state index is 2.24. The van der Waals surface area contributed by atoms with Crippen molar-refractivity contribution in [2.24, 2.45) is 0 Å². The molecule has 0 radical (unpaired) electrons. The average Bonchev–Trinajstić information content (AvgIpc) is 3.25. The van der Waals surface area contributed by atoms with Gasteiger partial charge in [-0.05, 0) is 17.8 Å². The molecule has 0 atom stereocenters. The number of fused-ring (bicyclic) bond motifs is 1. The third-order valence-corrected chi connectivity index (χ3v) is 4.68. The molecule has 1 heterocycles. The third-order valence-electron chi connectivity index (χ3n) is 4.68. The summed E-state index contributed by atoms with van der Waals surface area (Å²) in [6.07, 6.45) is 4.13. The fourth-order valence-electron chi connectivity index (χ4n) is 2.92. The van der Waals surface area contributed by atoms with E-state index < -0.39 is 0 Å². The third kappa shape index (κ3) is 5.38. The van der Waals surface area contributed by atoms with Gasteiger partial charge in [0.05, 0.1) is 0 Å². The van der Waals surface area contributed by atoms with E-state index in [2.05, 4.69) is 87.1 Å². The van der Waals surface area contributed by atoms with Crippen LogP contribution >= 0.6 is 0 Å². The van der Waals surface area contributed by atoms with Crippen LogP contribution in [0.4, 0.5) is 0 Å². The number of halogens is 2. The van der Waals surface area contributed by atoms with Crippen molar-refractivity contribution in [3.05, 3.63) is 89.2 Å². The fourth-order valence-corrected chi connectivity index (χ4v) is 2.92.